The molecule has 1 aromatic rings. The molecule has 9 nitrogen and oxygen atoms in total. The highest BCUT2D eigenvalue weighted by Gasteiger charge is 2.53. The Labute approximate surface area is 220 Å². The van der Waals surface area contributed by atoms with Crippen LogP contribution in [0.1, 0.15) is 37.0 Å². The van der Waals surface area contributed by atoms with E-state index in [1.54, 1.807) is 39.2 Å². The first-order valence-electron chi connectivity index (χ1n) is 12.5. The zero-order valence-corrected chi connectivity index (χ0v) is 23.1. The molecule has 2 atom stereocenters. The van der Waals surface area contributed by atoms with Crippen molar-refractivity contribution in [3.8, 4) is 22.6 Å². The van der Waals surface area contributed by atoms with E-state index in [0.717, 1.165) is 6.26 Å². The minimum atomic E-state index is -3.82. The number of nitrogens with one attached hydrogen (secondary N) is 1. The topological polar surface area (TPSA) is 120 Å². The molecule has 0 aromatic heterocycles. The van der Waals surface area contributed by atoms with Crippen molar-refractivity contribution >= 4 is 15.7 Å². The van der Waals surface area contributed by atoms with Crippen LogP contribution in [-0.2, 0) is 14.6 Å². The van der Waals surface area contributed by atoms with Crippen LogP contribution in [0, 0.1) is 5.92 Å². The lowest BCUT2D eigenvalue weighted by Gasteiger charge is -2.45. The Morgan fingerprint density at radius 2 is 1.76 bits per heavy atom. The summed E-state index contributed by atoms with van der Waals surface area (Å²) in [6.45, 7) is 5.53. The number of fused-ring (bicyclic) bond motifs is 1. The third-order valence-electron chi connectivity index (χ3n) is 6.73. The number of carbonyl (C=O) groups excluding carboxylic acids is 1. The van der Waals surface area contributed by atoms with E-state index in [4.69, 9.17) is 19.9 Å². The zero-order valence-electron chi connectivity index (χ0n) is 22.3. The fraction of sp³-hybridized carbons (Fsp3) is 0.519. The Bertz CT molecular complexity index is 1140. The number of sulfone groups is 1. The van der Waals surface area contributed by atoms with Crippen molar-refractivity contribution in [2.75, 3.05) is 46.8 Å². The number of benzene rings is 2. The molecule has 4 rings (SSSR count). The Hall–Kier alpha value is -2.66. The number of methoxy groups -OCH3 is 2. The maximum atomic E-state index is 13.6. The molecule has 2 aliphatic carbocycles. The number of amides is 1. The van der Waals surface area contributed by atoms with E-state index in [-0.39, 0.29) is 5.56 Å². The van der Waals surface area contributed by atoms with Crippen molar-refractivity contribution in [1.82, 2.24) is 10.2 Å². The molecule has 1 aliphatic heterocycles. The monoisotopic (exact) mass is 533 g/mol. The molecular formula is C27H39N3O6S. The highest BCUT2D eigenvalue weighted by molar-refractivity contribution is 7.92. The second kappa shape index (κ2) is 12.3. The number of hydrogen-bond acceptors (Lipinski definition) is 8. The third-order valence-corrected chi connectivity index (χ3v) is 8.45. The summed E-state index contributed by atoms with van der Waals surface area (Å²) in [5, 5.41) is 3.15. The van der Waals surface area contributed by atoms with Gasteiger partial charge in [-0.05, 0) is 56.1 Å². The van der Waals surface area contributed by atoms with E-state index in [1.807, 2.05) is 0 Å². The van der Waals surface area contributed by atoms with Crippen LogP contribution >= 0.6 is 0 Å². The van der Waals surface area contributed by atoms with Gasteiger partial charge in [-0.3, -0.25) is 10.5 Å². The summed E-state index contributed by atoms with van der Waals surface area (Å²) in [4.78, 5) is 13.1. The van der Waals surface area contributed by atoms with Crippen molar-refractivity contribution in [2.45, 2.75) is 37.7 Å². The van der Waals surface area contributed by atoms with Gasteiger partial charge in [0, 0.05) is 50.5 Å². The maximum absolute atomic E-state index is 13.6. The summed E-state index contributed by atoms with van der Waals surface area (Å²) in [5.41, 5.74) is 9.71. The summed E-state index contributed by atoms with van der Waals surface area (Å²) in [7, 11) is -0.689. The minimum Gasteiger partial charge on any atom is -0.493 e. The minimum absolute atomic E-state index is 0.278. The molecule has 1 unspecified atom stereocenters. The van der Waals surface area contributed by atoms with E-state index in [0.29, 0.717) is 50.6 Å². The molecule has 1 aromatic carbocycles. The van der Waals surface area contributed by atoms with Crippen LogP contribution in [0.15, 0.2) is 42.5 Å². The SMILES string of the molecule is COCCCOc1cc(C(=O)N(C(C)C)C(N)([C@@H]2CCNC2)S(C)(=O)=O)ccc1OC.c1cc2ccc1-2. The Kier molecular flexibility index (Phi) is 9.57. The van der Waals surface area contributed by atoms with E-state index in [2.05, 4.69) is 29.6 Å². The lowest BCUT2D eigenvalue weighted by Crippen LogP contribution is -2.69. The molecular weight excluding hydrogens is 494 g/mol. The number of nitrogens with two attached hydrogens (primary N) is 1. The van der Waals surface area contributed by atoms with Gasteiger partial charge in [-0.25, -0.2) is 8.42 Å². The summed E-state index contributed by atoms with van der Waals surface area (Å²) < 4.78 is 41.9. The van der Waals surface area contributed by atoms with Gasteiger partial charge in [0.05, 0.1) is 13.7 Å². The molecule has 1 fully saturated rings. The highest BCUT2D eigenvalue weighted by atomic mass is 32.2. The van der Waals surface area contributed by atoms with Gasteiger partial charge in [-0.2, -0.15) is 0 Å². The van der Waals surface area contributed by atoms with Gasteiger partial charge in [0.2, 0.25) is 0 Å². The first-order valence-corrected chi connectivity index (χ1v) is 14.4. The molecule has 0 saturated carbocycles. The van der Waals surface area contributed by atoms with Crippen LogP contribution in [0.3, 0.4) is 0 Å². The number of ether oxygens (including phenoxy) is 3. The van der Waals surface area contributed by atoms with Crippen LogP contribution in [0.25, 0.3) is 11.1 Å². The quantitative estimate of drug-likeness (QED) is 0.285. The van der Waals surface area contributed by atoms with Crippen LogP contribution in [0.5, 0.6) is 11.5 Å². The van der Waals surface area contributed by atoms with Crippen LogP contribution in [-0.4, -0.2) is 77.0 Å². The van der Waals surface area contributed by atoms with Crippen LogP contribution in [0.2, 0.25) is 0 Å². The molecule has 204 valence electrons. The largest absolute Gasteiger partial charge is 0.493 e. The summed E-state index contributed by atoms with van der Waals surface area (Å²) in [6, 6.07) is 12.8. The zero-order chi connectivity index (χ0) is 27.2. The van der Waals surface area contributed by atoms with Gasteiger partial charge in [-0.1, -0.05) is 24.3 Å². The van der Waals surface area contributed by atoms with Crippen molar-refractivity contribution in [3.63, 3.8) is 0 Å². The van der Waals surface area contributed by atoms with E-state index in [9.17, 15) is 13.2 Å². The molecule has 3 N–H and O–H groups in total. The van der Waals surface area contributed by atoms with Gasteiger partial charge >= 0.3 is 0 Å². The summed E-state index contributed by atoms with van der Waals surface area (Å²) in [6.07, 6.45) is 2.33. The fourth-order valence-corrected chi connectivity index (χ4v) is 6.05. The average Bonchev–Trinajstić information content (AvgIpc) is 3.39. The number of carbonyl (C=O) groups is 1. The van der Waals surface area contributed by atoms with Gasteiger partial charge in [0.1, 0.15) is 0 Å². The molecule has 1 amide bonds. The fourth-order valence-electron chi connectivity index (χ4n) is 4.59. The lowest BCUT2D eigenvalue weighted by atomic mass is 9.95. The van der Waals surface area contributed by atoms with E-state index in [1.165, 1.54) is 23.1 Å². The van der Waals surface area contributed by atoms with Crippen LogP contribution in [0.4, 0.5) is 0 Å². The third kappa shape index (κ3) is 6.26. The summed E-state index contributed by atoms with van der Waals surface area (Å²) in [5.74, 6) is -0.0130. The molecule has 0 spiro atoms. The second-order valence-corrected chi connectivity index (χ2v) is 11.8. The molecule has 0 radical (unpaired) electrons. The first kappa shape index (κ1) is 28.9. The molecule has 0 bridgehead atoms. The number of nitrogens with zero attached hydrogens (tertiary/aromatic N) is 1. The predicted molar refractivity (Wildman–Crippen MR) is 144 cm³/mol. The van der Waals surface area contributed by atoms with E-state index < -0.39 is 32.7 Å². The normalized spacial score (nSPS) is 17.4. The van der Waals surface area contributed by atoms with Crippen molar-refractivity contribution in [1.29, 1.82) is 0 Å². The van der Waals surface area contributed by atoms with Gasteiger partial charge < -0.3 is 24.4 Å². The first-order chi connectivity index (χ1) is 17.5. The number of hydrogen-bond donors (Lipinski definition) is 2. The Morgan fingerprint density at radius 1 is 1.11 bits per heavy atom. The molecule has 1 saturated heterocycles. The molecule has 10 heteroatoms. The van der Waals surface area contributed by atoms with Gasteiger partial charge in [0.25, 0.3) is 5.91 Å². The Balaban J connectivity index is 0.000000542. The Morgan fingerprint density at radius 3 is 2.19 bits per heavy atom. The predicted octanol–water partition coefficient (Wildman–Crippen LogP) is 2.89. The average molecular weight is 534 g/mol. The van der Waals surface area contributed by atoms with E-state index >= 15 is 0 Å². The molecule has 37 heavy (non-hydrogen) atoms. The van der Waals surface area contributed by atoms with Crippen molar-refractivity contribution in [3.05, 3.63) is 48.0 Å². The lowest BCUT2D eigenvalue weighted by molar-refractivity contribution is 0.0440. The number of rotatable bonds is 11. The molecule has 3 aliphatic rings. The van der Waals surface area contributed by atoms with Crippen LogP contribution < -0.4 is 20.5 Å². The standard InChI is InChI=1S/C21H35N3O6S.C6H4/c1-15(2)24(21(22,31(5,26)27)17-9-10-23-14-17)20(25)16-7-8-18(29-4)19(13-16)30-12-6-11-28-3;1-2-6-4-3-5(1)6/h7-8,13,15,17,23H,6,9-12,14,22H2,1-5H3;1-4H/t17-,21?;/m1./s1. The van der Waals surface area contributed by atoms with Gasteiger partial charge in [0.15, 0.2) is 26.3 Å². The van der Waals surface area contributed by atoms with Crippen molar-refractivity contribution < 1.29 is 27.4 Å². The van der Waals surface area contributed by atoms with Crippen molar-refractivity contribution in [2.24, 2.45) is 11.7 Å². The van der Waals surface area contributed by atoms with Gasteiger partial charge in [-0.15, -0.1) is 0 Å². The smallest absolute Gasteiger partial charge is 0.256 e. The molecule has 1 heterocycles. The maximum Gasteiger partial charge on any atom is 0.256 e. The highest BCUT2D eigenvalue weighted by Crippen LogP contribution is 2.35. The summed E-state index contributed by atoms with van der Waals surface area (Å²) >= 11 is 0. The second-order valence-electron chi connectivity index (χ2n) is 9.62.